The Balaban J connectivity index is 1.72. The maximum absolute atomic E-state index is 14.0. The van der Waals surface area contributed by atoms with Crippen LogP contribution >= 0.6 is 0 Å². The zero-order valence-corrected chi connectivity index (χ0v) is 20.2. The van der Waals surface area contributed by atoms with Gasteiger partial charge in [0.1, 0.15) is 18.0 Å². The molecule has 1 aliphatic heterocycles. The number of rotatable bonds is 9. The van der Waals surface area contributed by atoms with Gasteiger partial charge in [0.2, 0.25) is 0 Å². The minimum absolute atomic E-state index is 0.0693. The lowest BCUT2D eigenvalue weighted by atomic mass is 10.1. The van der Waals surface area contributed by atoms with E-state index in [4.69, 9.17) is 4.74 Å². The number of ether oxygens (including phenoxy) is 1. The van der Waals surface area contributed by atoms with Gasteiger partial charge in [-0.1, -0.05) is 26.0 Å². The van der Waals surface area contributed by atoms with Crippen molar-refractivity contribution in [1.82, 2.24) is 9.47 Å². The number of halogens is 1. The average Bonchev–Trinajstić information content (AvgIpc) is 3.30. The van der Waals surface area contributed by atoms with Crippen molar-refractivity contribution in [3.8, 4) is 11.4 Å². The molecule has 4 rings (SSSR count). The molecule has 0 atom stereocenters. The van der Waals surface area contributed by atoms with Crippen LogP contribution in [0.5, 0.6) is 5.75 Å². The first kappa shape index (κ1) is 24.5. The third kappa shape index (κ3) is 4.94. The van der Waals surface area contributed by atoms with Crippen molar-refractivity contribution in [1.29, 1.82) is 0 Å². The summed E-state index contributed by atoms with van der Waals surface area (Å²) in [6.45, 7) is 6.38. The first-order valence-corrected chi connectivity index (χ1v) is 12.6. The van der Waals surface area contributed by atoms with Crippen LogP contribution < -0.4 is 9.46 Å². The number of anilines is 1. The molecule has 1 aliphatic rings. The highest BCUT2D eigenvalue weighted by Crippen LogP contribution is 2.38. The molecule has 0 aliphatic carbocycles. The van der Waals surface area contributed by atoms with E-state index < -0.39 is 21.8 Å². The Labute approximate surface area is 203 Å². The van der Waals surface area contributed by atoms with Gasteiger partial charge in [0, 0.05) is 12.7 Å². The average molecular weight is 500 g/mol. The lowest BCUT2D eigenvalue weighted by Crippen LogP contribution is -2.22. The van der Waals surface area contributed by atoms with Gasteiger partial charge in [-0.2, -0.15) is 0 Å². The highest BCUT2D eigenvalue weighted by molar-refractivity contribution is 7.92. The summed E-state index contributed by atoms with van der Waals surface area (Å²) >= 11 is 0. The van der Waals surface area contributed by atoms with Crippen LogP contribution in [-0.2, 0) is 16.6 Å². The van der Waals surface area contributed by atoms with Gasteiger partial charge in [0.05, 0.1) is 22.0 Å². The zero-order valence-electron chi connectivity index (χ0n) is 19.4. The highest BCUT2D eigenvalue weighted by atomic mass is 32.2. The van der Waals surface area contributed by atoms with Crippen LogP contribution in [-0.4, -0.2) is 48.6 Å². The molecule has 0 bridgehead atoms. The first-order chi connectivity index (χ1) is 16.7. The summed E-state index contributed by atoms with van der Waals surface area (Å²) in [7, 11) is -4.26. The van der Waals surface area contributed by atoms with Crippen molar-refractivity contribution >= 4 is 27.8 Å². The van der Waals surface area contributed by atoms with E-state index in [2.05, 4.69) is 9.62 Å². The van der Waals surface area contributed by atoms with Crippen LogP contribution in [0.4, 0.5) is 10.1 Å². The zero-order chi connectivity index (χ0) is 25.2. The number of fused-ring (bicyclic) bond motifs is 3. The molecule has 2 N–H and O–H groups in total. The van der Waals surface area contributed by atoms with Crippen LogP contribution in [0.1, 0.15) is 35.5 Å². The minimum atomic E-state index is -4.26. The number of carboxylic acids is 1. The molecule has 1 aromatic heterocycles. The summed E-state index contributed by atoms with van der Waals surface area (Å²) in [5.41, 5.74) is 1.06. The van der Waals surface area contributed by atoms with Crippen LogP contribution in [0.2, 0.25) is 0 Å². The Morgan fingerprint density at radius 1 is 1.23 bits per heavy atom. The lowest BCUT2D eigenvalue weighted by Gasteiger charge is -2.24. The molecule has 0 saturated heterocycles. The second kappa shape index (κ2) is 9.93. The number of nitrogens with one attached hydrogen (secondary N) is 1. The van der Waals surface area contributed by atoms with Crippen molar-refractivity contribution in [3.63, 3.8) is 0 Å². The molecular formula is C25H26FN3O5S. The fourth-order valence-corrected chi connectivity index (χ4v) is 5.28. The van der Waals surface area contributed by atoms with E-state index >= 15 is 0 Å². The van der Waals surface area contributed by atoms with Crippen molar-refractivity contribution in [3.05, 3.63) is 77.4 Å². The molecule has 0 spiro atoms. The second-order valence-electron chi connectivity index (χ2n) is 7.98. The molecule has 35 heavy (non-hydrogen) atoms. The predicted octanol–water partition coefficient (Wildman–Crippen LogP) is 4.36. The van der Waals surface area contributed by atoms with Crippen LogP contribution in [0, 0.1) is 5.82 Å². The fraction of sp³-hybridized carbons (Fsp3) is 0.240. The van der Waals surface area contributed by atoms with E-state index in [1.807, 2.05) is 26.0 Å². The molecule has 2 heterocycles. The van der Waals surface area contributed by atoms with Crippen LogP contribution in [0.3, 0.4) is 0 Å². The summed E-state index contributed by atoms with van der Waals surface area (Å²) in [6.07, 6.45) is 5.10. The van der Waals surface area contributed by atoms with Crippen LogP contribution in [0.25, 0.3) is 11.8 Å². The highest BCUT2D eigenvalue weighted by Gasteiger charge is 2.28. The van der Waals surface area contributed by atoms with Crippen LogP contribution in [0.15, 0.2) is 59.6 Å². The third-order valence-electron chi connectivity index (χ3n) is 5.87. The number of nitrogens with zero attached hydrogens (tertiary/aromatic N) is 2. The standard InChI is InChI=1S/C25H26FN3O5S/c1-3-28(4-2)13-5-7-17-15-18(26)9-12-22(17)35(32,33)27-20-10-11-21-24(23(20)25(30)31)34-16-19-8-6-14-29(19)21/h5-12,14-15,27H,3-4,13,16H2,1-2H3,(H,30,31)/b7-5-. The van der Waals surface area contributed by atoms with Gasteiger partial charge >= 0.3 is 5.97 Å². The van der Waals surface area contributed by atoms with Gasteiger partial charge in [-0.3, -0.25) is 4.72 Å². The molecule has 10 heteroatoms. The van der Waals surface area contributed by atoms with Crippen molar-refractivity contribution in [2.75, 3.05) is 24.4 Å². The van der Waals surface area contributed by atoms with E-state index in [1.54, 1.807) is 29.0 Å². The normalized spacial score (nSPS) is 12.9. The number of hydrogen-bond donors (Lipinski definition) is 2. The number of aromatic nitrogens is 1. The molecule has 0 fully saturated rings. The van der Waals surface area contributed by atoms with Crippen molar-refractivity contribution < 1.29 is 27.4 Å². The maximum atomic E-state index is 14.0. The monoisotopic (exact) mass is 499 g/mol. The van der Waals surface area contributed by atoms with Crippen molar-refractivity contribution in [2.45, 2.75) is 25.3 Å². The van der Waals surface area contributed by atoms with Gasteiger partial charge in [-0.25, -0.2) is 17.6 Å². The van der Waals surface area contributed by atoms with Gasteiger partial charge in [0.15, 0.2) is 5.75 Å². The number of likely N-dealkylation sites (N-methyl/N-ethyl adjacent to an activating group) is 1. The molecule has 0 radical (unpaired) electrons. The van der Waals surface area contributed by atoms with E-state index in [-0.39, 0.29) is 34.1 Å². The summed E-state index contributed by atoms with van der Waals surface area (Å²) in [6, 6.07) is 10.00. The molecule has 0 unspecified atom stereocenters. The predicted molar refractivity (Wildman–Crippen MR) is 131 cm³/mol. The quantitative estimate of drug-likeness (QED) is 0.454. The SMILES string of the molecule is CCN(CC)C/C=C\c1cc(F)ccc1S(=O)(=O)Nc1ccc2c(c1C(=O)O)OCc1cccn1-2. The molecule has 3 aromatic rings. The second-order valence-corrected chi connectivity index (χ2v) is 9.63. The Hall–Kier alpha value is -3.63. The Morgan fingerprint density at radius 2 is 2.00 bits per heavy atom. The number of sulfonamides is 1. The van der Waals surface area contributed by atoms with E-state index in [9.17, 15) is 22.7 Å². The van der Waals surface area contributed by atoms with Gasteiger partial charge in [-0.15, -0.1) is 0 Å². The summed E-state index contributed by atoms with van der Waals surface area (Å²) in [5, 5.41) is 9.90. The maximum Gasteiger partial charge on any atom is 0.341 e. The largest absolute Gasteiger partial charge is 0.484 e. The first-order valence-electron chi connectivity index (χ1n) is 11.2. The number of carboxylic acid groups (broad SMARTS) is 1. The topological polar surface area (TPSA) is 101 Å². The molecule has 184 valence electrons. The van der Waals surface area contributed by atoms with Gasteiger partial charge in [0.25, 0.3) is 10.0 Å². The van der Waals surface area contributed by atoms with Gasteiger partial charge < -0.3 is 19.3 Å². The smallest absolute Gasteiger partial charge is 0.341 e. The van der Waals surface area contributed by atoms with Crippen molar-refractivity contribution in [2.24, 2.45) is 0 Å². The Morgan fingerprint density at radius 3 is 2.71 bits per heavy atom. The molecule has 0 saturated carbocycles. The molecule has 2 aromatic carbocycles. The minimum Gasteiger partial charge on any atom is -0.484 e. The number of hydrogen-bond acceptors (Lipinski definition) is 5. The molecule has 0 amide bonds. The number of carbonyl (C=O) groups is 1. The Kier molecular flexibility index (Phi) is 6.95. The number of aromatic carboxylic acids is 1. The van der Waals surface area contributed by atoms with E-state index in [0.29, 0.717) is 12.2 Å². The molecular weight excluding hydrogens is 473 g/mol. The fourth-order valence-electron chi connectivity index (χ4n) is 4.02. The van der Waals surface area contributed by atoms with E-state index in [0.717, 1.165) is 37.0 Å². The van der Waals surface area contributed by atoms with E-state index in [1.165, 1.54) is 6.07 Å². The molecule has 8 nitrogen and oxygen atoms in total. The third-order valence-corrected chi connectivity index (χ3v) is 7.31. The summed E-state index contributed by atoms with van der Waals surface area (Å²) in [5.74, 6) is -1.85. The lowest BCUT2D eigenvalue weighted by molar-refractivity contribution is 0.0692. The van der Waals surface area contributed by atoms with Gasteiger partial charge in [-0.05, 0) is 61.1 Å². The number of benzene rings is 2. The summed E-state index contributed by atoms with van der Waals surface area (Å²) in [4.78, 5) is 14.1. The Bertz CT molecular complexity index is 1390. The summed E-state index contributed by atoms with van der Waals surface area (Å²) < 4.78 is 50.5.